The minimum absolute atomic E-state index is 0.483. The maximum Gasteiger partial charge on any atom is 0.119 e. The Kier molecular flexibility index (Phi) is 3.89. The molecule has 2 saturated heterocycles. The number of hydrogen-bond donors (Lipinski definition) is 1. The van der Waals surface area contributed by atoms with Crippen LogP contribution in [0, 0.1) is 0 Å². The first-order valence-corrected chi connectivity index (χ1v) is 7.16. The van der Waals surface area contributed by atoms with Gasteiger partial charge in [0.2, 0.25) is 0 Å². The normalized spacial score (nSPS) is 26.5. The first-order chi connectivity index (χ1) is 9.29. The summed E-state index contributed by atoms with van der Waals surface area (Å²) < 4.78 is 11.5. The molecule has 2 heterocycles. The van der Waals surface area contributed by atoms with Crippen LogP contribution in [0.4, 0.5) is 5.69 Å². The molecule has 0 amide bonds. The van der Waals surface area contributed by atoms with E-state index in [1.165, 1.54) is 12.8 Å². The first-order valence-electron chi connectivity index (χ1n) is 7.16. The van der Waals surface area contributed by atoms with Crippen molar-refractivity contribution in [1.29, 1.82) is 0 Å². The number of anilines is 1. The lowest BCUT2D eigenvalue weighted by Gasteiger charge is -2.31. The van der Waals surface area contributed by atoms with Gasteiger partial charge in [-0.25, -0.2) is 0 Å². The molecule has 0 radical (unpaired) electrons. The number of rotatable bonds is 5. The molecule has 0 aliphatic carbocycles. The van der Waals surface area contributed by atoms with Crippen LogP contribution in [0.2, 0.25) is 0 Å². The van der Waals surface area contributed by atoms with E-state index >= 15 is 0 Å². The number of hydrogen-bond acceptors (Lipinski definition) is 4. The van der Waals surface area contributed by atoms with E-state index in [0.717, 1.165) is 44.1 Å². The zero-order chi connectivity index (χ0) is 13.1. The number of fused-ring (bicyclic) bond motifs is 2. The highest BCUT2D eigenvalue weighted by atomic mass is 16.5. The summed E-state index contributed by atoms with van der Waals surface area (Å²) in [5, 5.41) is 0. The van der Waals surface area contributed by atoms with Crippen molar-refractivity contribution in [3.05, 3.63) is 24.3 Å². The molecule has 4 heteroatoms. The average Bonchev–Trinajstić information content (AvgIpc) is 2.76. The van der Waals surface area contributed by atoms with Gasteiger partial charge in [-0.1, -0.05) is 0 Å². The summed E-state index contributed by atoms with van der Waals surface area (Å²) in [5.41, 5.74) is 6.41. The third-order valence-electron chi connectivity index (χ3n) is 3.89. The van der Waals surface area contributed by atoms with E-state index in [1.807, 2.05) is 24.3 Å². The summed E-state index contributed by atoms with van der Waals surface area (Å²) in [6.45, 7) is 4.05. The van der Waals surface area contributed by atoms with Gasteiger partial charge in [-0.3, -0.25) is 4.90 Å². The second-order valence-electron chi connectivity index (χ2n) is 5.49. The highest BCUT2D eigenvalue weighted by Crippen LogP contribution is 2.26. The van der Waals surface area contributed by atoms with Crippen molar-refractivity contribution in [3.8, 4) is 5.75 Å². The highest BCUT2D eigenvalue weighted by molar-refractivity contribution is 5.41. The molecule has 3 rings (SSSR count). The van der Waals surface area contributed by atoms with Crippen LogP contribution in [0.25, 0.3) is 0 Å². The lowest BCUT2D eigenvalue weighted by molar-refractivity contribution is -0.0391. The van der Waals surface area contributed by atoms with Crippen molar-refractivity contribution in [2.45, 2.75) is 31.5 Å². The van der Waals surface area contributed by atoms with Gasteiger partial charge in [-0.2, -0.15) is 0 Å². The molecule has 0 saturated carbocycles. The minimum Gasteiger partial charge on any atom is -0.494 e. The smallest absolute Gasteiger partial charge is 0.119 e. The lowest BCUT2D eigenvalue weighted by atomic mass is 10.2. The molecule has 2 N–H and O–H groups in total. The number of ether oxygens (including phenoxy) is 2. The van der Waals surface area contributed by atoms with Gasteiger partial charge in [0.05, 0.1) is 18.8 Å². The number of morpholine rings is 1. The molecule has 19 heavy (non-hydrogen) atoms. The Morgan fingerprint density at radius 3 is 2.53 bits per heavy atom. The van der Waals surface area contributed by atoms with Crippen LogP contribution in [0.15, 0.2) is 24.3 Å². The number of benzene rings is 1. The fraction of sp³-hybridized carbons (Fsp3) is 0.600. The van der Waals surface area contributed by atoms with E-state index in [-0.39, 0.29) is 0 Å². The zero-order valence-corrected chi connectivity index (χ0v) is 11.3. The topological polar surface area (TPSA) is 47.7 Å². The molecule has 1 aromatic carbocycles. The zero-order valence-electron chi connectivity index (χ0n) is 11.3. The maximum atomic E-state index is 5.83. The van der Waals surface area contributed by atoms with Crippen LogP contribution in [-0.4, -0.2) is 43.3 Å². The molecule has 0 spiro atoms. The quantitative estimate of drug-likeness (QED) is 0.650. The molecule has 2 aliphatic heterocycles. The summed E-state index contributed by atoms with van der Waals surface area (Å²) in [7, 11) is 0. The van der Waals surface area contributed by atoms with Crippen LogP contribution >= 0.6 is 0 Å². The van der Waals surface area contributed by atoms with E-state index in [2.05, 4.69) is 4.90 Å². The molecule has 2 fully saturated rings. The Hall–Kier alpha value is -1.26. The third-order valence-corrected chi connectivity index (χ3v) is 3.89. The van der Waals surface area contributed by atoms with Crippen LogP contribution in [0.5, 0.6) is 5.75 Å². The number of nitrogen functional groups attached to an aromatic ring is 1. The van der Waals surface area contributed by atoms with Crippen molar-refractivity contribution >= 4 is 5.69 Å². The van der Waals surface area contributed by atoms with Crippen molar-refractivity contribution in [2.24, 2.45) is 0 Å². The van der Waals surface area contributed by atoms with E-state index in [1.54, 1.807) is 0 Å². The predicted octanol–water partition coefficient (Wildman–Crippen LogP) is 1.90. The number of likely N-dealkylation sites (tertiary alicyclic amines) is 1. The Morgan fingerprint density at radius 2 is 1.84 bits per heavy atom. The largest absolute Gasteiger partial charge is 0.494 e. The maximum absolute atomic E-state index is 5.83. The minimum atomic E-state index is 0.483. The number of nitrogens with zero attached hydrogens (tertiary/aromatic N) is 1. The fourth-order valence-corrected chi connectivity index (χ4v) is 2.92. The monoisotopic (exact) mass is 262 g/mol. The summed E-state index contributed by atoms with van der Waals surface area (Å²) in [5.74, 6) is 0.899. The summed E-state index contributed by atoms with van der Waals surface area (Å²) >= 11 is 0. The van der Waals surface area contributed by atoms with E-state index in [4.69, 9.17) is 15.2 Å². The molecule has 4 nitrogen and oxygen atoms in total. The molecular weight excluding hydrogens is 240 g/mol. The highest BCUT2D eigenvalue weighted by Gasteiger charge is 2.33. The average molecular weight is 262 g/mol. The molecule has 104 valence electrons. The van der Waals surface area contributed by atoms with E-state index in [0.29, 0.717) is 12.2 Å². The second kappa shape index (κ2) is 5.80. The van der Waals surface area contributed by atoms with Crippen LogP contribution in [0.1, 0.15) is 19.3 Å². The predicted molar refractivity (Wildman–Crippen MR) is 75.3 cm³/mol. The standard InChI is InChI=1S/C15H22N2O2/c16-12-2-4-13(5-3-12)18-9-1-8-17-10-14-6-7-15(11-17)19-14/h2-5,14-15H,1,6-11,16H2. The van der Waals surface area contributed by atoms with Gasteiger partial charge in [0.15, 0.2) is 0 Å². The number of nitrogens with two attached hydrogens (primary N) is 1. The van der Waals surface area contributed by atoms with Gasteiger partial charge >= 0.3 is 0 Å². The molecule has 0 aromatic heterocycles. The van der Waals surface area contributed by atoms with Crippen molar-refractivity contribution < 1.29 is 9.47 Å². The Labute approximate surface area is 114 Å². The van der Waals surface area contributed by atoms with Gasteiger partial charge in [-0.05, 0) is 43.5 Å². The van der Waals surface area contributed by atoms with Gasteiger partial charge < -0.3 is 15.2 Å². The summed E-state index contributed by atoms with van der Waals surface area (Å²) in [6, 6.07) is 7.58. The molecule has 2 bridgehead atoms. The van der Waals surface area contributed by atoms with Gasteiger partial charge in [-0.15, -0.1) is 0 Å². The van der Waals surface area contributed by atoms with Gasteiger partial charge in [0.1, 0.15) is 5.75 Å². The molecule has 2 atom stereocenters. The van der Waals surface area contributed by atoms with Gasteiger partial charge in [0.25, 0.3) is 0 Å². The Balaban J connectivity index is 1.36. The van der Waals surface area contributed by atoms with Crippen molar-refractivity contribution in [3.63, 3.8) is 0 Å². The molecule has 2 aliphatic rings. The lowest BCUT2D eigenvalue weighted by Crippen LogP contribution is -2.43. The Morgan fingerprint density at radius 1 is 1.16 bits per heavy atom. The SMILES string of the molecule is Nc1ccc(OCCCN2CC3CCC(C2)O3)cc1. The second-order valence-corrected chi connectivity index (χ2v) is 5.49. The molecular formula is C15H22N2O2. The summed E-state index contributed by atoms with van der Waals surface area (Å²) in [4.78, 5) is 2.51. The van der Waals surface area contributed by atoms with Crippen molar-refractivity contribution in [2.75, 3.05) is 32.0 Å². The third kappa shape index (κ3) is 3.39. The van der Waals surface area contributed by atoms with Crippen LogP contribution in [0.3, 0.4) is 0 Å². The van der Waals surface area contributed by atoms with E-state index < -0.39 is 0 Å². The molecule has 2 unspecified atom stereocenters. The Bertz CT molecular complexity index is 395. The molecule has 1 aromatic rings. The van der Waals surface area contributed by atoms with Crippen molar-refractivity contribution in [1.82, 2.24) is 4.90 Å². The first kappa shape index (κ1) is 12.8. The van der Waals surface area contributed by atoms with Gasteiger partial charge in [0, 0.05) is 25.3 Å². The van der Waals surface area contributed by atoms with Crippen LogP contribution in [-0.2, 0) is 4.74 Å². The summed E-state index contributed by atoms with van der Waals surface area (Å²) in [6.07, 6.45) is 4.50. The van der Waals surface area contributed by atoms with E-state index in [9.17, 15) is 0 Å². The van der Waals surface area contributed by atoms with Crippen LogP contribution < -0.4 is 10.5 Å². The fourth-order valence-electron chi connectivity index (χ4n) is 2.92.